The Kier molecular flexibility index (Phi) is 3.86. The number of halogens is 5. The van der Waals surface area contributed by atoms with Gasteiger partial charge in [0.25, 0.3) is 0 Å². The number of hydrogen-bond acceptors (Lipinski definition) is 2. The van der Waals surface area contributed by atoms with E-state index in [2.05, 4.69) is 0 Å². The Labute approximate surface area is 124 Å². The molecule has 1 aliphatic rings. The minimum atomic E-state index is -4.55. The molecule has 1 atom stereocenters. The summed E-state index contributed by atoms with van der Waals surface area (Å²) >= 11 is 11.9. The Hall–Kier alpha value is -1.07. The Morgan fingerprint density at radius 2 is 1.95 bits per heavy atom. The van der Waals surface area contributed by atoms with Gasteiger partial charge in [-0.3, -0.25) is 0 Å². The van der Waals surface area contributed by atoms with E-state index in [1.807, 2.05) is 0 Å². The van der Waals surface area contributed by atoms with Gasteiger partial charge in [0.05, 0.1) is 7.11 Å². The van der Waals surface area contributed by atoms with Gasteiger partial charge in [-0.1, -0.05) is 36.2 Å². The molecule has 20 heavy (non-hydrogen) atoms. The summed E-state index contributed by atoms with van der Waals surface area (Å²) in [6, 6.07) is 1.48. The molecule has 110 valence electrons. The van der Waals surface area contributed by atoms with E-state index < -0.39 is 11.8 Å². The van der Waals surface area contributed by atoms with Crippen molar-refractivity contribution in [1.29, 1.82) is 0 Å². The smallest absolute Gasteiger partial charge is 0.432 e. The SMILES string of the molecule is CCC1(C(F)(F)F)C=Cc2cc(OC)c(Cl)c(Cl)c2O1. The summed E-state index contributed by atoms with van der Waals surface area (Å²) in [6.45, 7) is 1.39. The van der Waals surface area contributed by atoms with Gasteiger partial charge in [0.2, 0.25) is 5.60 Å². The van der Waals surface area contributed by atoms with Crippen molar-refractivity contribution in [3.05, 3.63) is 27.8 Å². The second-order valence-electron chi connectivity index (χ2n) is 4.30. The van der Waals surface area contributed by atoms with E-state index >= 15 is 0 Å². The lowest BCUT2D eigenvalue weighted by Gasteiger charge is -2.36. The summed E-state index contributed by atoms with van der Waals surface area (Å²) in [5, 5.41) is -0.0668. The summed E-state index contributed by atoms with van der Waals surface area (Å²) in [6.07, 6.45) is -2.52. The molecule has 0 saturated heterocycles. The molecular weight excluding hydrogens is 316 g/mol. The standard InChI is InChI=1S/C13H11Cl2F3O2/c1-3-12(13(16,17)18)5-4-7-6-8(19-2)9(14)10(15)11(7)20-12/h4-6H,3H2,1-2H3. The molecule has 0 N–H and O–H groups in total. The van der Waals surface area contributed by atoms with Gasteiger partial charge >= 0.3 is 6.18 Å². The van der Waals surface area contributed by atoms with Gasteiger partial charge in [0.15, 0.2) is 0 Å². The summed E-state index contributed by atoms with van der Waals surface area (Å²) in [5.41, 5.74) is -1.99. The van der Waals surface area contributed by atoms with Crippen LogP contribution in [0.4, 0.5) is 13.2 Å². The molecule has 1 unspecified atom stereocenters. The predicted octanol–water partition coefficient (Wildman–Crippen LogP) is 5.12. The zero-order valence-electron chi connectivity index (χ0n) is 10.6. The normalized spacial score (nSPS) is 21.4. The average Bonchev–Trinajstić information content (AvgIpc) is 2.41. The number of ether oxygens (including phenoxy) is 2. The van der Waals surface area contributed by atoms with Gasteiger partial charge in [0, 0.05) is 5.56 Å². The molecule has 0 amide bonds. The van der Waals surface area contributed by atoms with Crippen molar-refractivity contribution in [2.45, 2.75) is 25.1 Å². The van der Waals surface area contributed by atoms with Crippen molar-refractivity contribution in [1.82, 2.24) is 0 Å². The second kappa shape index (κ2) is 5.04. The Bertz CT molecular complexity index is 570. The molecule has 0 aliphatic carbocycles. The maximum atomic E-state index is 13.2. The van der Waals surface area contributed by atoms with Crippen molar-refractivity contribution in [2.75, 3.05) is 7.11 Å². The Balaban J connectivity index is 2.59. The van der Waals surface area contributed by atoms with Crippen LogP contribution in [0.5, 0.6) is 11.5 Å². The largest absolute Gasteiger partial charge is 0.495 e. The molecule has 0 spiro atoms. The lowest BCUT2D eigenvalue weighted by atomic mass is 9.94. The number of benzene rings is 1. The van der Waals surface area contributed by atoms with Gasteiger partial charge in [-0.05, 0) is 18.6 Å². The van der Waals surface area contributed by atoms with Crippen LogP contribution in [0.1, 0.15) is 18.9 Å². The molecule has 2 nitrogen and oxygen atoms in total. The van der Waals surface area contributed by atoms with Crippen LogP contribution < -0.4 is 9.47 Å². The quantitative estimate of drug-likeness (QED) is 0.751. The van der Waals surface area contributed by atoms with E-state index in [-0.39, 0.29) is 28.0 Å². The van der Waals surface area contributed by atoms with Crippen molar-refractivity contribution in [2.24, 2.45) is 0 Å². The fourth-order valence-electron chi connectivity index (χ4n) is 1.96. The fourth-order valence-corrected chi connectivity index (χ4v) is 2.42. The number of alkyl halides is 3. The van der Waals surface area contributed by atoms with Crippen molar-refractivity contribution in [3.8, 4) is 11.5 Å². The summed E-state index contributed by atoms with van der Waals surface area (Å²) < 4.78 is 49.7. The number of rotatable bonds is 2. The monoisotopic (exact) mass is 326 g/mol. The van der Waals surface area contributed by atoms with Crippen LogP contribution in [0, 0.1) is 0 Å². The molecule has 0 aromatic heterocycles. The zero-order chi connectivity index (χ0) is 15.1. The first-order valence-electron chi connectivity index (χ1n) is 5.76. The molecule has 0 saturated carbocycles. The zero-order valence-corrected chi connectivity index (χ0v) is 12.2. The average molecular weight is 327 g/mol. The molecule has 2 rings (SSSR count). The number of hydrogen-bond donors (Lipinski definition) is 0. The van der Waals surface area contributed by atoms with Crippen LogP contribution in [0.25, 0.3) is 6.08 Å². The van der Waals surface area contributed by atoms with Crippen LogP contribution in [-0.2, 0) is 0 Å². The van der Waals surface area contributed by atoms with Crippen LogP contribution in [0.3, 0.4) is 0 Å². The molecule has 1 heterocycles. The first-order chi connectivity index (χ1) is 9.25. The number of fused-ring (bicyclic) bond motifs is 1. The maximum Gasteiger partial charge on any atom is 0.432 e. The van der Waals surface area contributed by atoms with Crippen molar-refractivity contribution < 1.29 is 22.6 Å². The second-order valence-corrected chi connectivity index (χ2v) is 5.06. The van der Waals surface area contributed by atoms with E-state index in [0.717, 1.165) is 6.08 Å². The molecule has 7 heteroatoms. The molecule has 1 aliphatic heterocycles. The number of methoxy groups -OCH3 is 1. The minimum Gasteiger partial charge on any atom is -0.495 e. The first-order valence-corrected chi connectivity index (χ1v) is 6.52. The Morgan fingerprint density at radius 1 is 1.30 bits per heavy atom. The lowest BCUT2D eigenvalue weighted by Crippen LogP contribution is -2.49. The fraction of sp³-hybridized carbons (Fsp3) is 0.385. The van der Waals surface area contributed by atoms with Crippen LogP contribution in [0.2, 0.25) is 10.0 Å². The van der Waals surface area contributed by atoms with Gasteiger partial charge in [-0.2, -0.15) is 13.2 Å². The van der Waals surface area contributed by atoms with Gasteiger partial charge < -0.3 is 9.47 Å². The minimum absolute atomic E-state index is 0.0235. The first kappa shape index (κ1) is 15.3. The van der Waals surface area contributed by atoms with Crippen molar-refractivity contribution in [3.63, 3.8) is 0 Å². The molecular formula is C13H11Cl2F3O2. The van der Waals surface area contributed by atoms with Crippen molar-refractivity contribution >= 4 is 29.3 Å². The molecule has 1 aromatic carbocycles. The van der Waals surface area contributed by atoms with E-state index in [1.165, 1.54) is 26.2 Å². The summed E-state index contributed by atoms with van der Waals surface area (Å²) in [5.74, 6) is 0.193. The molecule has 0 fully saturated rings. The highest BCUT2D eigenvalue weighted by atomic mass is 35.5. The van der Waals surface area contributed by atoms with Crippen LogP contribution in [-0.4, -0.2) is 18.9 Å². The van der Waals surface area contributed by atoms with Gasteiger partial charge in [-0.25, -0.2) is 0 Å². The van der Waals surface area contributed by atoms with Crippen LogP contribution >= 0.6 is 23.2 Å². The van der Waals surface area contributed by atoms with E-state index in [9.17, 15) is 13.2 Å². The van der Waals surface area contributed by atoms with E-state index in [0.29, 0.717) is 5.56 Å². The molecule has 0 bridgehead atoms. The highest BCUT2D eigenvalue weighted by molar-refractivity contribution is 6.44. The van der Waals surface area contributed by atoms with Gasteiger partial charge in [-0.15, -0.1) is 0 Å². The Morgan fingerprint density at radius 3 is 2.45 bits per heavy atom. The van der Waals surface area contributed by atoms with E-state index in [1.54, 1.807) is 0 Å². The highest BCUT2D eigenvalue weighted by Gasteiger charge is 2.55. The summed E-state index contributed by atoms with van der Waals surface area (Å²) in [4.78, 5) is 0. The third kappa shape index (κ3) is 2.23. The lowest BCUT2D eigenvalue weighted by molar-refractivity contribution is -0.230. The van der Waals surface area contributed by atoms with E-state index in [4.69, 9.17) is 32.7 Å². The molecule has 1 aromatic rings. The molecule has 0 radical (unpaired) electrons. The maximum absolute atomic E-state index is 13.2. The third-order valence-electron chi connectivity index (χ3n) is 3.20. The topological polar surface area (TPSA) is 18.5 Å². The predicted molar refractivity (Wildman–Crippen MR) is 71.8 cm³/mol. The highest BCUT2D eigenvalue weighted by Crippen LogP contribution is 2.49. The van der Waals surface area contributed by atoms with Crippen LogP contribution in [0.15, 0.2) is 12.1 Å². The summed E-state index contributed by atoms with van der Waals surface area (Å²) in [7, 11) is 1.39. The van der Waals surface area contributed by atoms with Gasteiger partial charge in [0.1, 0.15) is 21.5 Å². The third-order valence-corrected chi connectivity index (χ3v) is 4.03.